The van der Waals surface area contributed by atoms with E-state index in [9.17, 15) is 0 Å². The van der Waals surface area contributed by atoms with E-state index in [1.807, 2.05) is 0 Å². The van der Waals surface area contributed by atoms with Gasteiger partial charge in [0.2, 0.25) is 0 Å². The van der Waals surface area contributed by atoms with Gasteiger partial charge in [0.1, 0.15) is 0 Å². The maximum Gasteiger partial charge on any atom is 0.0374 e. The highest BCUT2D eigenvalue weighted by atomic mass is 14.5. The molecule has 0 heteroatoms. The standard InChI is InChI=1S/C70H38/c1-3-37-55-57(69-63-51-33-17-9-25-43(51)39-21-5-13-29-47(39)59(63)67(55)60-48-30-14-6-22-40(48)44-26-10-18-34-52(44)64(60)69)38(4-2)58-56(37)68-61-49-31-15-7-23-41(49)45-27-11-19-35-53(45)65(61)70(58)66-54-36-20-12-28-46(54)42-24-8-16-32-50(42)62(66)68/h1-2,5-36,67-70H. The molecule has 0 amide bonds. The van der Waals surface area contributed by atoms with Crippen LogP contribution in [0.15, 0.2) is 194 Å². The Morgan fingerprint density at radius 3 is 0.443 bits per heavy atom. The van der Waals surface area contributed by atoms with Crippen molar-refractivity contribution in [1.29, 1.82) is 0 Å². The van der Waals surface area contributed by atoms with Gasteiger partial charge in [0.25, 0.3) is 0 Å². The molecule has 6 aliphatic rings. The molecule has 318 valence electrons. The summed E-state index contributed by atoms with van der Waals surface area (Å²) in [5, 5.41) is 20.5. The van der Waals surface area contributed by atoms with Crippen molar-refractivity contribution in [3.63, 3.8) is 0 Å². The molecule has 0 aliphatic heterocycles. The lowest BCUT2D eigenvalue weighted by Crippen LogP contribution is -2.36. The van der Waals surface area contributed by atoms with Crippen LogP contribution in [0.5, 0.6) is 0 Å². The summed E-state index contributed by atoms with van der Waals surface area (Å²) >= 11 is 0. The van der Waals surface area contributed by atoms with Gasteiger partial charge in [-0.15, -0.1) is 12.8 Å². The van der Waals surface area contributed by atoms with Crippen molar-refractivity contribution in [1.82, 2.24) is 0 Å². The Hall–Kier alpha value is -8.94. The first-order valence-electron chi connectivity index (χ1n) is 24.7. The number of hydrogen-bond acceptors (Lipinski definition) is 0. The average molecular weight is 879 g/mol. The summed E-state index contributed by atoms with van der Waals surface area (Å²) < 4.78 is 0. The number of rotatable bonds is 0. The Morgan fingerprint density at radius 1 is 0.186 bits per heavy atom. The van der Waals surface area contributed by atoms with Gasteiger partial charge in [-0.2, -0.15) is 0 Å². The predicted molar refractivity (Wildman–Crippen MR) is 292 cm³/mol. The van der Waals surface area contributed by atoms with Crippen LogP contribution in [0, 0.1) is 24.7 Å². The smallest absolute Gasteiger partial charge is 0.0374 e. The van der Waals surface area contributed by atoms with Crippen LogP contribution in [0.25, 0.3) is 86.2 Å². The molecule has 0 saturated heterocycles. The van der Waals surface area contributed by atoms with Gasteiger partial charge in [-0.3, -0.25) is 0 Å². The second-order valence-corrected chi connectivity index (χ2v) is 20.1. The number of benzene rings is 13. The first kappa shape index (κ1) is 37.1. The zero-order valence-corrected chi connectivity index (χ0v) is 37.9. The third-order valence-electron chi connectivity index (χ3n) is 17.5. The summed E-state index contributed by atoms with van der Waals surface area (Å²) in [6.45, 7) is 0. The number of hydrogen-bond donors (Lipinski definition) is 0. The molecule has 0 saturated carbocycles. The monoisotopic (exact) mass is 878 g/mol. The first-order valence-corrected chi connectivity index (χ1v) is 24.7. The van der Waals surface area contributed by atoms with Crippen molar-refractivity contribution in [2.24, 2.45) is 0 Å². The van der Waals surface area contributed by atoms with Gasteiger partial charge < -0.3 is 0 Å². The molecular formula is C70H38. The van der Waals surface area contributed by atoms with Crippen LogP contribution < -0.4 is 0 Å². The van der Waals surface area contributed by atoms with Crippen LogP contribution in [0.1, 0.15) is 102 Å². The highest BCUT2D eigenvalue weighted by molar-refractivity contribution is 6.20. The van der Waals surface area contributed by atoms with Gasteiger partial charge in [0.05, 0.1) is 0 Å². The average Bonchev–Trinajstić information content (AvgIpc) is 3.45. The molecule has 70 heavy (non-hydrogen) atoms. The van der Waals surface area contributed by atoms with E-state index >= 15 is 0 Å². The Balaban J connectivity index is 1.13. The lowest BCUT2D eigenvalue weighted by Gasteiger charge is -2.50. The maximum atomic E-state index is 7.34. The molecule has 13 aromatic rings. The minimum Gasteiger partial charge on any atom is -0.115 e. The van der Waals surface area contributed by atoms with Gasteiger partial charge in [0, 0.05) is 34.8 Å². The molecule has 0 aromatic heterocycles. The highest BCUT2D eigenvalue weighted by Crippen LogP contribution is 2.69. The highest BCUT2D eigenvalue weighted by Gasteiger charge is 2.53. The van der Waals surface area contributed by atoms with Crippen LogP contribution in [0.4, 0.5) is 0 Å². The predicted octanol–water partition coefficient (Wildman–Crippen LogP) is 16.8. The Morgan fingerprint density at radius 2 is 0.314 bits per heavy atom. The molecule has 0 radical (unpaired) electrons. The van der Waals surface area contributed by atoms with Crippen LogP contribution in [-0.4, -0.2) is 0 Å². The molecule has 0 heterocycles. The van der Waals surface area contributed by atoms with Gasteiger partial charge in [-0.25, -0.2) is 0 Å². The number of terminal acetylenes is 2. The molecule has 0 nitrogen and oxygen atoms in total. The van der Waals surface area contributed by atoms with Crippen molar-refractivity contribution in [3.05, 3.63) is 272 Å². The third-order valence-corrected chi connectivity index (χ3v) is 17.5. The van der Waals surface area contributed by atoms with Gasteiger partial charge in [0.15, 0.2) is 0 Å². The summed E-state index contributed by atoms with van der Waals surface area (Å²) in [5.41, 5.74) is 17.9. The minimum absolute atomic E-state index is 0.182. The van der Waals surface area contributed by atoms with Crippen molar-refractivity contribution < 1.29 is 0 Å². The summed E-state index contributed by atoms with van der Waals surface area (Å²) in [5.74, 6) is 6.47. The van der Waals surface area contributed by atoms with Gasteiger partial charge >= 0.3 is 0 Å². The molecule has 0 fully saturated rings. The first-order chi connectivity index (χ1) is 34.8. The molecule has 6 aliphatic carbocycles. The van der Waals surface area contributed by atoms with Crippen LogP contribution >= 0.6 is 0 Å². The quantitative estimate of drug-likeness (QED) is 0.105. The molecule has 0 N–H and O–H groups in total. The van der Waals surface area contributed by atoms with Crippen LogP contribution in [0.2, 0.25) is 0 Å². The van der Waals surface area contributed by atoms with E-state index in [4.69, 9.17) is 12.8 Å². The van der Waals surface area contributed by atoms with Crippen LogP contribution in [0.3, 0.4) is 0 Å². The van der Waals surface area contributed by atoms with Gasteiger partial charge in [-0.05, 0) is 153 Å². The molecule has 0 unspecified atom stereocenters. The van der Waals surface area contributed by atoms with Crippen molar-refractivity contribution in [2.45, 2.75) is 23.7 Å². The molecule has 0 atom stereocenters. The van der Waals surface area contributed by atoms with E-state index in [1.54, 1.807) is 0 Å². The fraction of sp³-hybridized carbons (Fsp3) is 0.0571. The maximum absolute atomic E-state index is 7.34. The largest absolute Gasteiger partial charge is 0.115 e. The Labute approximate surface area is 404 Å². The molecule has 19 rings (SSSR count). The fourth-order valence-electron chi connectivity index (χ4n) is 15.3. The summed E-state index contributed by atoms with van der Waals surface area (Å²) in [6.07, 6.45) is 14.7. The summed E-state index contributed by atoms with van der Waals surface area (Å²) in [6, 6.07) is 72.8. The summed E-state index contributed by atoms with van der Waals surface area (Å²) in [7, 11) is 0. The molecule has 0 spiro atoms. The SMILES string of the molecule is C#Cc1c2c(c(C#C)c3c1C1c4c(c5ccccc5c5ccccc45)C3c3c1c1ccccc1c1ccccc31)C1c3c(c4ccccc4c4ccccc34)C2c2c1c1ccccc1c1ccccc21. The lowest BCUT2D eigenvalue weighted by molar-refractivity contribution is 0.732. The van der Waals surface area contributed by atoms with E-state index in [-0.39, 0.29) is 23.7 Å². The van der Waals surface area contributed by atoms with Crippen molar-refractivity contribution in [3.8, 4) is 24.7 Å². The molecule has 4 bridgehead atoms. The topological polar surface area (TPSA) is 0 Å². The molecular weight excluding hydrogens is 841 g/mol. The Kier molecular flexibility index (Phi) is 6.88. The zero-order chi connectivity index (χ0) is 45.7. The van der Waals surface area contributed by atoms with E-state index in [1.165, 1.54) is 153 Å². The second kappa shape index (κ2) is 13.0. The molecule has 13 aromatic carbocycles. The fourth-order valence-corrected chi connectivity index (χ4v) is 15.3. The normalized spacial score (nSPS) is 17.7. The third kappa shape index (κ3) is 4.15. The van der Waals surface area contributed by atoms with Crippen molar-refractivity contribution >= 4 is 86.2 Å². The van der Waals surface area contributed by atoms with E-state index < -0.39 is 0 Å². The minimum atomic E-state index is -0.182. The second-order valence-electron chi connectivity index (χ2n) is 20.1. The Bertz CT molecular complexity index is 3910. The van der Waals surface area contributed by atoms with E-state index in [0.29, 0.717) is 0 Å². The summed E-state index contributed by atoms with van der Waals surface area (Å²) in [4.78, 5) is 0. The van der Waals surface area contributed by atoms with Crippen molar-refractivity contribution in [2.75, 3.05) is 0 Å². The van der Waals surface area contributed by atoms with E-state index in [0.717, 1.165) is 11.1 Å². The lowest BCUT2D eigenvalue weighted by atomic mass is 9.51. The van der Waals surface area contributed by atoms with Gasteiger partial charge in [-0.1, -0.05) is 206 Å². The van der Waals surface area contributed by atoms with Crippen LogP contribution in [-0.2, 0) is 0 Å². The van der Waals surface area contributed by atoms with E-state index in [2.05, 4.69) is 206 Å². The zero-order valence-electron chi connectivity index (χ0n) is 37.9. The number of fused-ring (bicyclic) bond motifs is 12.